The fraction of sp³-hybridized carbons (Fsp3) is 0.467. The predicted molar refractivity (Wildman–Crippen MR) is 69.9 cm³/mol. The van der Waals surface area contributed by atoms with E-state index in [1.54, 1.807) is 12.1 Å². The Morgan fingerprint density at radius 1 is 1.24 bits per heavy atom. The van der Waals surface area contributed by atoms with Gasteiger partial charge >= 0.3 is 0 Å². The summed E-state index contributed by atoms with van der Waals surface area (Å²) >= 11 is 0. The highest BCUT2D eigenvalue weighted by Gasteiger charge is 2.30. The van der Waals surface area contributed by atoms with Crippen molar-refractivity contribution >= 4 is 5.57 Å². The van der Waals surface area contributed by atoms with Gasteiger partial charge in [-0.2, -0.15) is 0 Å². The number of hydrogen-bond acceptors (Lipinski definition) is 2. The molecule has 0 unspecified atom stereocenters. The highest BCUT2D eigenvalue weighted by molar-refractivity contribution is 5.71. The molecule has 1 aromatic rings. The number of phenols is 1. The third-order valence-electron chi connectivity index (χ3n) is 4.13. The monoisotopic (exact) mass is 229 g/mol. The SMILES string of the molecule is CC1=C(c2ccc(O)cc2)CN2CCC[C@H]2C1. The molecule has 0 aromatic heterocycles. The molecule has 1 aromatic carbocycles. The van der Waals surface area contributed by atoms with Gasteiger partial charge in [-0.05, 0) is 56.0 Å². The van der Waals surface area contributed by atoms with Crippen LogP contribution in [0.1, 0.15) is 31.7 Å². The average molecular weight is 229 g/mol. The quantitative estimate of drug-likeness (QED) is 0.800. The van der Waals surface area contributed by atoms with Crippen molar-refractivity contribution < 1.29 is 5.11 Å². The van der Waals surface area contributed by atoms with Gasteiger partial charge < -0.3 is 5.11 Å². The van der Waals surface area contributed by atoms with Crippen molar-refractivity contribution in [3.8, 4) is 5.75 Å². The summed E-state index contributed by atoms with van der Waals surface area (Å²) in [6.07, 6.45) is 3.93. The van der Waals surface area contributed by atoms with E-state index >= 15 is 0 Å². The van der Waals surface area contributed by atoms with Crippen LogP contribution in [0, 0.1) is 0 Å². The highest BCUT2D eigenvalue weighted by atomic mass is 16.3. The van der Waals surface area contributed by atoms with E-state index < -0.39 is 0 Å². The second kappa shape index (κ2) is 4.19. The molecule has 2 aliphatic heterocycles. The Balaban J connectivity index is 1.91. The third-order valence-corrected chi connectivity index (χ3v) is 4.13. The van der Waals surface area contributed by atoms with E-state index in [2.05, 4.69) is 11.8 Å². The van der Waals surface area contributed by atoms with Crippen molar-refractivity contribution in [2.75, 3.05) is 13.1 Å². The van der Waals surface area contributed by atoms with Crippen molar-refractivity contribution in [1.82, 2.24) is 4.90 Å². The lowest BCUT2D eigenvalue weighted by molar-refractivity contribution is 0.271. The van der Waals surface area contributed by atoms with Crippen LogP contribution >= 0.6 is 0 Å². The smallest absolute Gasteiger partial charge is 0.115 e. The van der Waals surface area contributed by atoms with Crippen LogP contribution in [-0.2, 0) is 0 Å². The van der Waals surface area contributed by atoms with Gasteiger partial charge in [0.05, 0.1) is 0 Å². The summed E-state index contributed by atoms with van der Waals surface area (Å²) in [5.74, 6) is 0.349. The van der Waals surface area contributed by atoms with E-state index in [-0.39, 0.29) is 0 Å². The average Bonchev–Trinajstić information content (AvgIpc) is 2.76. The fourth-order valence-corrected chi connectivity index (χ4v) is 3.15. The zero-order chi connectivity index (χ0) is 11.8. The highest BCUT2D eigenvalue weighted by Crippen LogP contribution is 2.34. The first kappa shape index (κ1) is 10.8. The van der Waals surface area contributed by atoms with Crippen LogP contribution in [0.5, 0.6) is 5.75 Å². The maximum absolute atomic E-state index is 9.34. The summed E-state index contributed by atoms with van der Waals surface area (Å²) < 4.78 is 0. The zero-order valence-electron chi connectivity index (χ0n) is 10.3. The maximum Gasteiger partial charge on any atom is 0.115 e. The number of fused-ring (bicyclic) bond motifs is 1. The summed E-state index contributed by atoms with van der Waals surface area (Å²) in [5, 5.41) is 9.34. The molecule has 17 heavy (non-hydrogen) atoms. The van der Waals surface area contributed by atoms with Gasteiger partial charge in [0.25, 0.3) is 0 Å². The van der Waals surface area contributed by atoms with E-state index in [1.165, 1.54) is 42.5 Å². The molecule has 1 atom stereocenters. The minimum atomic E-state index is 0.349. The van der Waals surface area contributed by atoms with Crippen molar-refractivity contribution in [3.05, 3.63) is 35.4 Å². The molecule has 0 spiro atoms. The summed E-state index contributed by atoms with van der Waals surface area (Å²) in [4.78, 5) is 2.61. The van der Waals surface area contributed by atoms with Crippen molar-refractivity contribution in [3.63, 3.8) is 0 Å². The van der Waals surface area contributed by atoms with Crippen LogP contribution in [0.3, 0.4) is 0 Å². The molecule has 2 heteroatoms. The topological polar surface area (TPSA) is 23.5 Å². The molecule has 1 saturated heterocycles. The molecule has 1 N–H and O–H groups in total. The molecule has 2 aliphatic rings. The molecular formula is C15H19NO. The molecule has 0 radical (unpaired) electrons. The number of hydrogen-bond donors (Lipinski definition) is 1. The Morgan fingerprint density at radius 2 is 2.00 bits per heavy atom. The molecule has 0 aliphatic carbocycles. The van der Waals surface area contributed by atoms with E-state index in [9.17, 15) is 5.11 Å². The molecule has 0 bridgehead atoms. The van der Waals surface area contributed by atoms with Crippen molar-refractivity contribution in [2.45, 2.75) is 32.2 Å². The van der Waals surface area contributed by atoms with E-state index in [1.807, 2.05) is 12.1 Å². The third kappa shape index (κ3) is 1.98. The van der Waals surface area contributed by atoms with Crippen LogP contribution < -0.4 is 0 Å². The first-order valence-electron chi connectivity index (χ1n) is 6.46. The Morgan fingerprint density at radius 3 is 2.76 bits per heavy atom. The van der Waals surface area contributed by atoms with Gasteiger partial charge in [0.15, 0.2) is 0 Å². The van der Waals surface area contributed by atoms with Gasteiger partial charge in [0, 0.05) is 12.6 Å². The van der Waals surface area contributed by atoms with Crippen molar-refractivity contribution in [2.24, 2.45) is 0 Å². The van der Waals surface area contributed by atoms with Crippen LogP contribution in [-0.4, -0.2) is 29.1 Å². The summed E-state index contributed by atoms with van der Waals surface area (Å²) in [7, 11) is 0. The molecular weight excluding hydrogens is 210 g/mol. The number of phenolic OH excluding ortho intramolecular Hbond substituents is 1. The Kier molecular flexibility index (Phi) is 2.67. The molecule has 3 rings (SSSR count). The second-order valence-corrected chi connectivity index (χ2v) is 5.28. The first-order chi connectivity index (χ1) is 8.24. The van der Waals surface area contributed by atoms with Gasteiger partial charge in [-0.1, -0.05) is 17.7 Å². The number of benzene rings is 1. The number of rotatable bonds is 1. The summed E-state index contributed by atoms with van der Waals surface area (Å²) in [6.45, 7) is 4.60. The van der Waals surface area contributed by atoms with E-state index in [0.29, 0.717) is 5.75 Å². The van der Waals surface area contributed by atoms with Gasteiger partial charge in [0.1, 0.15) is 5.75 Å². The van der Waals surface area contributed by atoms with Gasteiger partial charge in [-0.25, -0.2) is 0 Å². The molecule has 0 saturated carbocycles. The van der Waals surface area contributed by atoms with Crippen LogP contribution in [0.15, 0.2) is 29.8 Å². The van der Waals surface area contributed by atoms with Gasteiger partial charge in [-0.3, -0.25) is 4.90 Å². The van der Waals surface area contributed by atoms with Gasteiger partial charge in [-0.15, -0.1) is 0 Å². The van der Waals surface area contributed by atoms with Crippen molar-refractivity contribution in [1.29, 1.82) is 0 Å². The Hall–Kier alpha value is -1.28. The lowest BCUT2D eigenvalue weighted by atomic mass is 9.91. The molecule has 0 amide bonds. The minimum Gasteiger partial charge on any atom is -0.508 e. The minimum absolute atomic E-state index is 0.349. The molecule has 90 valence electrons. The van der Waals surface area contributed by atoms with Gasteiger partial charge in [0.2, 0.25) is 0 Å². The predicted octanol–water partition coefficient (Wildman–Crippen LogP) is 3.03. The Labute approximate surface area is 103 Å². The lowest BCUT2D eigenvalue weighted by Crippen LogP contribution is -2.34. The lowest BCUT2D eigenvalue weighted by Gasteiger charge is -2.32. The largest absolute Gasteiger partial charge is 0.508 e. The van der Waals surface area contributed by atoms with E-state index in [4.69, 9.17) is 0 Å². The summed E-state index contributed by atoms with van der Waals surface area (Å²) in [5.41, 5.74) is 4.26. The molecule has 2 nitrogen and oxygen atoms in total. The number of nitrogens with zero attached hydrogens (tertiary/aromatic N) is 1. The molecule has 1 fully saturated rings. The summed E-state index contributed by atoms with van der Waals surface area (Å²) in [6, 6.07) is 8.42. The Bertz CT molecular complexity index is 446. The van der Waals surface area contributed by atoms with Crippen LogP contribution in [0.4, 0.5) is 0 Å². The second-order valence-electron chi connectivity index (χ2n) is 5.28. The van der Waals surface area contributed by atoms with Crippen LogP contribution in [0.2, 0.25) is 0 Å². The fourth-order valence-electron chi connectivity index (χ4n) is 3.15. The van der Waals surface area contributed by atoms with Crippen LogP contribution in [0.25, 0.3) is 5.57 Å². The molecule has 2 heterocycles. The normalized spacial score (nSPS) is 25.1. The zero-order valence-corrected chi connectivity index (χ0v) is 10.3. The van der Waals surface area contributed by atoms with E-state index in [0.717, 1.165) is 12.6 Å². The maximum atomic E-state index is 9.34. The first-order valence-corrected chi connectivity index (χ1v) is 6.46. The number of aromatic hydroxyl groups is 1. The standard InChI is InChI=1S/C15H19NO/c1-11-9-13-3-2-8-16(13)10-15(11)12-4-6-14(17)7-5-12/h4-7,13,17H,2-3,8-10H2,1H3/t13-/m0/s1.